The summed E-state index contributed by atoms with van der Waals surface area (Å²) in [4.78, 5) is 37.1. The summed E-state index contributed by atoms with van der Waals surface area (Å²) >= 11 is 0. The first-order valence-electron chi connectivity index (χ1n) is 11.2. The lowest BCUT2D eigenvalue weighted by Crippen LogP contribution is -2.60. The number of rotatable bonds is 8. The summed E-state index contributed by atoms with van der Waals surface area (Å²) in [6.45, 7) is 6.20. The van der Waals surface area contributed by atoms with Gasteiger partial charge in [-0.05, 0) is 41.0 Å². The van der Waals surface area contributed by atoms with E-state index in [0.717, 1.165) is 22.3 Å². The number of aliphatic hydroxyl groups excluding tert-OH is 1. The van der Waals surface area contributed by atoms with Gasteiger partial charge in [-0.1, -0.05) is 69.3 Å². The number of carboxylic acid groups (broad SMARTS) is 1. The number of amides is 2. The van der Waals surface area contributed by atoms with Gasteiger partial charge < -0.3 is 25.6 Å². The van der Waals surface area contributed by atoms with Crippen LogP contribution in [0.3, 0.4) is 0 Å². The number of carbonyl (C=O) groups is 3. The zero-order valence-electron chi connectivity index (χ0n) is 19.9. The summed E-state index contributed by atoms with van der Waals surface area (Å²) in [6.07, 6.45) is -0.531. The number of hydrogen-bond donors (Lipinski definition) is 4. The first-order valence-corrected chi connectivity index (χ1v) is 11.2. The third-order valence-electron chi connectivity index (χ3n) is 5.96. The average molecular weight is 469 g/mol. The molecule has 0 bridgehead atoms. The minimum Gasteiger partial charge on any atom is -0.479 e. The maximum absolute atomic E-state index is 12.9. The van der Waals surface area contributed by atoms with E-state index >= 15 is 0 Å². The number of aliphatic hydroxyl groups is 1. The van der Waals surface area contributed by atoms with E-state index in [0.29, 0.717) is 0 Å². The minimum atomic E-state index is -1.87. The van der Waals surface area contributed by atoms with E-state index in [-0.39, 0.29) is 24.4 Å². The van der Waals surface area contributed by atoms with Gasteiger partial charge in [0.15, 0.2) is 5.54 Å². The largest absolute Gasteiger partial charge is 0.479 e. The van der Waals surface area contributed by atoms with Crippen molar-refractivity contribution in [3.05, 3.63) is 59.7 Å². The van der Waals surface area contributed by atoms with Gasteiger partial charge >= 0.3 is 12.1 Å². The minimum absolute atomic E-state index is 0.0905. The van der Waals surface area contributed by atoms with Gasteiger partial charge in [0, 0.05) is 5.92 Å². The van der Waals surface area contributed by atoms with Crippen molar-refractivity contribution in [2.24, 2.45) is 5.41 Å². The van der Waals surface area contributed by atoms with Crippen LogP contribution >= 0.6 is 0 Å². The molecule has 8 heteroatoms. The van der Waals surface area contributed by atoms with E-state index in [1.54, 1.807) is 0 Å². The molecule has 3 rings (SSSR count). The Bertz CT molecular complexity index is 1030. The van der Waals surface area contributed by atoms with Gasteiger partial charge in [-0.3, -0.25) is 4.79 Å². The van der Waals surface area contributed by atoms with Gasteiger partial charge in [0.05, 0.1) is 6.61 Å². The van der Waals surface area contributed by atoms with Crippen LogP contribution < -0.4 is 10.6 Å². The molecule has 0 aliphatic heterocycles. The molecule has 0 heterocycles. The molecule has 0 spiro atoms. The summed E-state index contributed by atoms with van der Waals surface area (Å²) in [5, 5.41) is 23.7. The third-order valence-corrected chi connectivity index (χ3v) is 5.96. The molecule has 2 atom stereocenters. The maximum atomic E-state index is 12.9. The molecular weight excluding hydrogens is 436 g/mol. The van der Waals surface area contributed by atoms with Gasteiger partial charge in [-0.2, -0.15) is 0 Å². The maximum Gasteiger partial charge on any atom is 0.407 e. The normalized spacial score (nSPS) is 15.4. The average Bonchev–Trinajstić information content (AvgIpc) is 3.10. The molecule has 2 aromatic rings. The summed E-state index contributed by atoms with van der Waals surface area (Å²) in [5.74, 6) is -2.21. The van der Waals surface area contributed by atoms with Crippen molar-refractivity contribution < 1.29 is 29.3 Å². The fourth-order valence-corrected chi connectivity index (χ4v) is 4.12. The summed E-state index contributed by atoms with van der Waals surface area (Å²) in [6, 6.07) is 14.9. The van der Waals surface area contributed by atoms with Crippen LogP contribution in [0.15, 0.2) is 48.5 Å². The molecule has 8 nitrogen and oxygen atoms in total. The number of fused-ring (bicyclic) bond motifs is 3. The highest BCUT2D eigenvalue weighted by atomic mass is 16.5. The number of ether oxygens (including phenoxy) is 1. The van der Waals surface area contributed by atoms with Crippen LogP contribution in [0.5, 0.6) is 0 Å². The molecular formula is C26H32N2O6. The predicted octanol–water partition coefficient (Wildman–Crippen LogP) is 3.28. The van der Waals surface area contributed by atoms with Crippen LogP contribution in [-0.2, 0) is 14.3 Å². The van der Waals surface area contributed by atoms with Crippen LogP contribution in [0.1, 0.15) is 51.2 Å². The molecule has 182 valence electrons. The molecule has 0 aromatic heterocycles. The predicted molar refractivity (Wildman–Crippen MR) is 127 cm³/mol. The lowest BCUT2D eigenvalue weighted by Gasteiger charge is -2.30. The van der Waals surface area contributed by atoms with E-state index in [1.807, 2.05) is 69.3 Å². The smallest absolute Gasteiger partial charge is 0.407 e. The van der Waals surface area contributed by atoms with Crippen molar-refractivity contribution in [2.75, 3.05) is 13.2 Å². The summed E-state index contributed by atoms with van der Waals surface area (Å²) in [7, 11) is 0. The third kappa shape index (κ3) is 5.56. The molecule has 4 N–H and O–H groups in total. The highest BCUT2D eigenvalue weighted by molar-refractivity contribution is 5.91. The molecule has 2 unspecified atom stereocenters. The van der Waals surface area contributed by atoms with Crippen LogP contribution in [0, 0.1) is 5.41 Å². The lowest BCUT2D eigenvalue weighted by atomic mass is 9.87. The molecule has 0 saturated carbocycles. The summed E-state index contributed by atoms with van der Waals surface area (Å²) in [5.41, 5.74) is 2.14. The fourth-order valence-electron chi connectivity index (χ4n) is 4.12. The SMILES string of the molecule is CC(C)(C)CC(NC(=O)OCC1c2ccccc2-c2ccccc21)C(=O)NC(C)(CO)C(=O)O. The molecule has 1 aliphatic carbocycles. The van der Waals surface area contributed by atoms with E-state index in [4.69, 9.17) is 4.74 Å². The van der Waals surface area contributed by atoms with E-state index < -0.39 is 36.2 Å². The number of alkyl carbamates (subject to hydrolysis) is 1. The van der Waals surface area contributed by atoms with Crippen molar-refractivity contribution in [1.29, 1.82) is 0 Å². The molecule has 2 aromatic carbocycles. The second-order valence-electron chi connectivity index (χ2n) is 10.1. The Morgan fingerprint density at radius 3 is 1.97 bits per heavy atom. The number of carbonyl (C=O) groups excluding carboxylic acids is 2. The Morgan fingerprint density at radius 1 is 0.971 bits per heavy atom. The first-order chi connectivity index (χ1) is 15.9. The Balaban J connectivity index is 1.72. The second kappa shape index (κ2) is 9.85. The number of carboxylic acids is 1. The Hall–Kier alpha value is -3.39. The molecule has 0 saturated heterocycles. The van der Waals surface area contributed by atoms with Crippen molar-refractivity contribution >= 4 is 18.0 Å². The standard InChI is InChI=1S/C26H32N2O6/c1-25(2,3)13-21(22(30)28-26(4,15-29)23(31)32)27-24(33)34-14-20-18-11-7-5-9-16(18)17-10-6-8-12-19(17)20/h5-12,20-21,29H,13-15H2,1-4H3,(H,27,33)(H,28,30)(H,31,32). The van der Waals surface area contributed by atoms with Crippen LogP contribution in [0.25, 0.3) is 11.1 Å². The van der Waals surface area contributed by atoms with Crippen LogP contribution in [-0.4, -0.2) is 53.0 Å². The molecule has 1 aliphatic rings. The first kappa shape index (κ1) is 25.2. The number of aliphatic carboxylic acids is 1. The Labute approximate surface area is 199 Å². The zero-order chi connectivity index (χ0) is 25.1. The molecule has 34 heavy (non-hydrogen) atoms. The second-order valence-corrected chi connectivity index (χ2v) is 10.1. The van der Waals surface area contributed by atoms with Gasteiger partial charge in [0.2, 0.25) is 5.91 Å². The van der Waals surface area contributed by atoms with E-state index in [9.17, 15) is 24.6 Å². The molecule has 0 radical (unpaired) electrons. The highest BCUT2D eigenvalue weighted by Crippen LogP contribution is 2.44. The number of hydrogen-bond acceptors (Lipinski definition) is 5. The Kier molecular flexibility index (Phi) is 7.31. The van der Waals surface area contributed by atoms with E-state index in [2.05, 4.69) is 10.6 Å². The van der Waals surface area contributed by atoms with E-state index in [1.165, 1.54) is 6.92 Å². The van der Waals surface area contributed by atoms with Crippen molar-refractivity contribution in [2.45, 2.75) is 51.6 Å². The molecule has 2 amide bonds. The van der Waals surface area contributed by atoms with Crippen molar-refractivity contribution in [1.82, 2.24) is 10.6 Å². The van der Waals surface area contributed by atoms with Crippen molar-refractivity contribution in [3.8, 4) is 11.1 Å². The quantitative estimate of drug-likeness (QED) is 0.471. The fraction of sp³-hybridized carbons (Fsp3) is 0.423. The molecule has 0 fully saturated rings. The van der Waals surface area contributed by atoms with Crippen LogP contribution in [0.2, 0.25) is 0 Å². The lowest BCUT2D eigenvalue weighted by molar-refractivity contribution is -0.149. The Morgan fingerprint density at radius 2 is 1.50 bits per heavy atom. The van der Waals surface area contributed by atoms with Crippen molar-refractivity contribution in [3.63, 3.8) is 0 Å². The van der Waals surface area contributed by atoms with Crippen LogP contribution in [0.4, 0.5) is 4.79 Å². The number of nitrogens with one attached hydrogen (secondary N) is 2. The highest BCUT2D eigenvalue weighted by Gasteiger charge is 2.38. The monoisotopic (exact) mass is 468 g/mol. The van der Waals surface area contributed by atoms with Gasteiger partial charge in [-0.25, -0.2) is 9.59 Å². The van der Waals surface area contributed by atoms with Gasteiger partial charge in [-0.15, -0.1) is 0 Å². The number of benzene rings is 2. The van der Waals surface area contributed by atoms with Gasteiger partial charge in [0.25, 0.3) is 0 Å². The van der Waals surface area contributed by atoms with Gasteiger partial charge in [0.1, 0.15) is 12.6 Å². The summed E-state index contributed by atoms with van der Waals surface area (Å²) < 4.78 is 5.54. The zero-order valence-corrected chi connectivity index (χ0v) is 19.9. The topological polar surface area (TPSA) is 125 Å².